The highest BCUT2D eigenvalue weighted by atomic mass is 19.3. The number of rotatable bonds is 6. The lowest BCUT2D eigenvalue weighted by Gasteiger charge is -2.39. The van der Waals surface area contributed by atoms with Gasteiger partial charge in [0.25, 0.3) is 0 Å². The molecule has 2 N–H and O–H groups in total. The van der Waals surface area contributed by atoms with E-state index in [9.17, 15) is 8.78 Å². The van der Waals surface area contributed by atoms with E-state index in [0.717, 1.165) is 24.9 Å². The van der Waals surface area contributed by atoms with Gasteiger partial charge in [0.15, 0.2) is 0 Å². The van der Waals surface area contributed by atoms with E-state index in [0.29, 0.717) is 12.2 Å². The molecule has 1 heterocycles. The SMILES string of the molecule is COc1ccc(OC(F)F)cc1CC1CCCN(N)C1c1ccccc1. The Hall–Kier alpha value is -2.18. The number of hydrogen-bond donors (Lipinski definition) is 1. The van der Waals surface area contributed by atoms with E-state index < -0.39 is 6.61 Å². The van der Waals surface area contributed by atoms with Crippen LogP contribution in [0.1, 0.15) is 30.0 Å². The van der Waals surface area contributed by atoms with Crippen molar-refractivity contribution in [3.05, 3.63) is 59.7 Å². The first-order valence-electron chi connectivity index (χ1n) is 8.76. The second kappa shape index (κ2) is 8.47. The number of alkyl halides is 2. The molecule has 0 saturated carbocycles. The Balaban J connectivity index is 1.87. The zero-order valence-corrected chi connectivity index (χ0v) is 14.8. The zero-order chi connectivity index (χ0) is 18.5. The van der Waals surface area contributed by atoms with Crippen molar-refractivity contribution in [2.75, 3.05) is 13.7 Å². The predicted octanol–water partition coefficient (Wildman–Crippen LogP) is 4.17. The van der Waals surface area contributed by atoms with E-state index in [4.69, 9.17) is 10.6 Å². The van der Waals surface area contributed by atoms with Gasteiger partial charge in [0.1, 0.15) is 11.5 Å². The molecule has 26 heavy (non-hydrogen) atoms. The third kappa shape index (κ3) is 4.31. The second-order valence-corrected chi connectivity index (χ2v) is 6.55. The maximum absolute atomic E-state index is 12.6. The maximum atomic E-state index is 12.6. The van der Waals surface area contributed by atoms with Gasteiger partial charge in [-0.05, 0) is 54.5 Å². The van der Waals surface area contributed by atoms with E-state index in [-0.39, 0.29) is 17.7 Å². The van der Waals surface area contributed by atoms with Crippen LogP contribution in [0.25, 0.3) is 0 Å². The minimum Gasteiger partial charge on any atom is -0.496 e. The fourth-order valence-corrected chi connectivity index (χ4v) is 3.80. The van der Waals surface area contributed by atoms with Crippen LogP contribution in [0.5, 0.6) is 11.5 Å². The lowest BCUT2D eigenvalue weighted by atomic mass is 9.81. The van der Waals surface area contributed by atoms with Crippen LogP contribution in [0.2, 0.25) is 0 Å². The Bertz CT molecular complexity index is 712. The molecular weight excluding hydrogens is 338 g/mol. The van der Waals surface area contributed by atoms with E-state index in [1.165, 1.54) is 11.6 Å². The summed E-state index contributed by atoms with van der Waals surface area (Å²) >= 11 is 0. The van der Waals surface area contributed by atoms with Gasteiger partial charge < -0.3 is 9.47 Å². The molecule has 1 saturated heterocycles. The molecule has 0 aliphatic carbocycles. The molecule has 4 nitrogen and oxygen atoms in total. The van der Waals surface area contributed by atoms with Crippen molar-refractivity contribution < 1.29 is 18.3 Å². The van der Waals surface area contributed by atoms with Crippen LogP contribution in [0.3, 0.4) is 0 Å². The molecule has 0 radical (unpaired) electrons. The molecule has 0 bridgehead atoms. The van der Waals surface area contributed by atoms with Crippen LogP contribution in [0.15, 0.2) is 48.5 Å². The first-order valence-corrected chi connectivity index (χ1v) is 8.76. The standard InChI is InChI=1S/C20H24F2N2O2/c1-25-18-10-9-17(26-20(21)22)13-16(18)12-15-8-5-11-24(23)19(15)14-6-3-2-4-7-14/h2-4,6-7,9-10,13,15,19-20H,5,8,11-12,23H2,1H3. The van der Waals surface area contributed by atoms with E-state index in [1.807, 2.05) is 23.2 Å². The summed E-state index contributed by atoms with van der Waals surface area (Å²) in [6, 6.07) is 15.0. The van der Waals surface area contributed by atoms with Gasteiger partial charge in [-0.15, -0.1) is 0 Å². The number of ether oxygens (including phenoxy) is 2. The summed E-state index contributed by atoms with van der Waals surface area (Å²) in [5.41, 5.74) is 2.02. The molecule has 2 aromatic rings. The Labute approximate surface area is 152 Å². The topological polar surface area (TPSA) is 47.7 Å². The van der Waals surface area contributed by atoms with Crippen molar-refractivity contribution in [3.8, 4) is 11.5 Å². The molecule has 0 spiro atoms. The van der Waals surface area contributed by atoms with Crippen molar-refractivity contribution in [2.24, 2.45) is 11.8 Å². The number of methoxy groups -OCH3 is 1. The van der Waals surface area contributed by atoms with Crippen molar-refractivity contribution in [2.45, 2.75) is 31.9 Å². The molecule has 0 amide bonds. The van der Waals surface area contributed by atoms with E-state index in [2.05, 4.69) is 16.9 Å². The second-order valence-electron chi connectivity index (χ2n) is 6.55. The van der Waals surface area contributed by atoms with Gasteiger partial charge in [0, 0.05) is 6.54 Å². The molecule has 1 fully saturated rings. The first-order chi connectivity index (χ1) is 12.6. The number of hydrazine groups is 1. The summed E-state index contributed by atoms with van der Waals surface area (Å²) in [4.78, 5) is 0. The summed E-state index contributed by atoms with van der Waals surface area (Å²) in [7, 11) is 1.58. The summed E-state index contributed by atoms with van der Waals surface area (Å²) < 4.78 is 35.1. The molecule has 1 aliphatic heterocycles. The fraction of sp³-hybridized carbons (Fsp3) is 0.400. The van der Waals surface area contributed by atoms with Gasteiger partial charge in [0.2, 0.25) is 0 Å². The minimum absolute atomic E-state index is 0.0781. The molecule has 140 valence electrons. The monoisotopic (exact) mass is 362 g/mol. The van der Waals surface area contributed by atoms with Gasteiger partial charge in [-0.1, -0.05) is 30.3 Å². The van der Waals surface area contributed by atoms with Crippen LogP contribution in [-0.4, -0.2) is 25.3 Å². The quantitative estimate of drug-likeness (QED) is 0.784. The van der Waals surface area contributed by atoms with Crippen LogP contribution in [0.4, 0.5) is 8.78 Å². The molecule has 1 aliphatic rings. The molecule has 3 rings (SSSR count). The molecule has 2 atom stereocenters. The van der Waals surface area contributed by atoms with Crippen molar-refractivity contribution in [3.63, 3.8) is 0 Å². The average Bonchev–Trinajstić information content (AvgIpc) is 2.62. The van der Waals surface area contributed by atoms with Gasteiger partial charge in [-0.3, -0.25) is 5.84 Å². The summed E-state index contributed by atoms with van der Waals surface area (Å²) in [5, 5.41) is 1.88. The number of halogens is 2. The molecule has 6 heteroatoms. The summed E-state index contributed by atoms with van der Waals surface area (Å²) in [5.74, 6) is 7.38. The Morgan fingerprint density at radius 2 is 1.96 bits per heavy atom. The van der Waals surface area contributed by atoms with E-state index in [1.54, 1.807) is 19.2 Å². The van der Waals surface area contributed by atoms with Crippen LogP contribution < -0.4 is 15.3 Å². The highest BCUT2D eigenvalue weighted by molar-refractivity contribution is 5.41. The van der Waals surface area contributed by atoms with Crippen LogP contribution in [-0.2, 0) is 6.42 Å². The van der Waals surface area contributed by atoms with Crippen LogP contribution in [0, 0.1) is 5.92 Å². The smallest absolute Gasteiger partial charge is 0.387 e. The summed E-state index contributed by atoms with van der Waals surface area (Å²) in [6.07, 6.45) is 2.69. The number of piperidine rings is 1. The Morgan fingerprint density at radius 3 is 2.65 bits per heavy atom. The molecule has 2 aromatic carbocycles. The fourth-order valence-electron chi connectivity index (χ4n) is 3.80. The zero-order valence-electron chi connectivity index (χ0n) is 14.8. The van der Waals surface area contributed by atoms with Crippen molar-refractivity contribution in [1.82, 2.24) is 5.01 Å². The largest absolute Gasteiger partial charge is 0.496 e. The number of benzene rings is 2. The highest BCUT2D eigenvalue weighted by Crippen LogP contribution is 2.38. The average molecular weight is 362 g/mol. The minimum atomic E-state index is -2.84. The summed E-state index contributed by atoms with van der Waals surface area (Å²) in [6.45, 7) is -2.01. The van der Waals surface area contributed by atoms with Gasteiger partial charge in [0.05, 0.1) is 13.2 Å². The molecular formula is C20H24F2N2O2. The lowest BCUT2D eigenvalue weighted by molar-refractivity contribution is -0.0499. The maximum Gasteiger partial charge on any atom is 0.387 e. The highest BCUT2D eigenvalue weighted by Gasteiger charge is 2.31. The van der Waals surface area contributed by atoms with Gasteiger partial charge >= 0.3 is 6.61 Å². The number of nitrogens with zero attached hydrogens (tertiary/aromatic N) is 1. The predicted molar refractivity (Wildman–Crippen MR) is 96.1 cm³/mol. The number of nitrogens with two attached hydrogens (primary N) is 1. The van der Waals surface area contributed by atoms with Crippen molar-refractivity contribution >= 4 is 0 Å². The Kier molecular flexibility index (Phi) is 6.06. The lowest BCUT2D eigenvalue weighted by Crippen LogP contribution is -2.44. The van der Waals surface area contributed by atoms with Gasteiger partial charge in [-0.25, -0.2) is 5.01 Å². The number of hydrogen-bond acceptors (Lipinski definition) is 4. The van der Waals surface area contributed by atoms with Gasteiger partial charge in [-0.2, -0.15) is 8.78 Å². The van der Waals surface area contributed by atoms with Crippen LogP contribution >= 0.6 is 0 Å². The van der Waals surface area contributed by atoms with Crippen molar-refractivity contribution in [1.29, 1.82) is 0 Å². The molecule has 0 aromatic heterocycles. The first kappa shape index (κ1) is 18.6. The normalized spacial score (nSPS) is 21.0. The van der Waals surface area contributed by atoms with E-state index >= 15 is 0 Å². The molecule has 2 unspecified atom stereocenters. The third-order valence-corrected chi connectivity index (χ3v) is 4.90. The third-order valence-electron chi connectivity index (χ3n) is 4.90. The Morgan fingerprint density at radius 1 is 1.19 bits per heavy atom.